The summed E-state index contributed by atoms with van der Waals surface area (Å²) >= 11 is 0. The van der Waals surface area contributed by atoms with E-state index in [4.69, 9.17) is 9.47 Å². The molecule has 7 heteroatoms. The number of ether oxygens (including phenoxy) is 2. The fourth-order valence-corrected chi connectivity index (χ4v) is 3.15. The first kappa shape index (κ1) is 17.5. The molecule has 7 nitrogen and oxygen atoms in total. The highest BCUT2D eigenvalue weighted by molar-refractivity contribution is 6.00. The molecule has 0 radical (unpaired) electrons. The lowest BCUT2D eigenvalue weighted by Gasteiger charge is -2.22. The summed E-state index contributed by atoms with van der Waals surface area (Å²) in [4.78, 5) is 26.4. The van der Waals surface area contributed by atoms with Gasteiger partial charge in [0.2, 0.25) is 11.8 Å². The van der Waals surface area contributed by atoms with E-state index >= 15 is 0 Å². The maximum atomic E-state index is 12.4. The van der Waals surface area contributed by atoms with Crippen molar-refractivity contribution in [2.75, 3.05) is 37.7 Å². The van der Waals surface area contributed by atoms with Crippen molar-refractivity contribution < 1.29 is 19.1 Å². The molecule has 2 atom stereocenters. The zero-order chi connectivity index (χ0) is 17.8. The normalized spacial score (nSPS) is 20.5. The molecule has 0 aliphatic carbocycles. The van der Waals surface area contributed by atoms with Gasteiger partial charge in [0, 0.05) is 37.3 Å². The van der Waals surface area contributed by atoms with Crippen LogP contribution in [0.25, 0.3) is 0 Å². The molecular weight excluding hydrogens is 322 g/mol. The smallest absolute Gasteiger partial charge is 0.227 e. The summed E-state index contributed by atoms with van der Waals surface area (Å²) in [6.07, 6.45) is 0.232. The number of amides is 2. The van der Waals surface area contributed by atoms with E-state index in [1.807, 2.05) is 26.0 Å². The molecule has 1 unspecified atom stereocenters. The number of likely N-dealkylation sites (N-methyl/N-ethyl adjacent to an activating group) is 1. The molecular formula is C18H25N3O4. The summed E-state index contributed by atoms with van der Waals surface area (Å²) in [5.41, 5.74) is 0.741. The Labute approximate surface area is 147 Å². The average molecular weight is 347 g/mol. The summed E-state index contributed by atoms with van der Waals surface area (Å²) in [5, 5.41) is 6.17. The van der Waals surface area contributed by atoms with Crippen molar-refractivity contribution >= 4 is 17.5 Å². The monoisotopic (exact) mass is 347 g/mol. The maximum Gasteiger partial charge on any atom is 0.227 e. The number of hydrogen-bond donors (Lipinski definition) is 2. The number of nitrogens with zero attached hydrogens (tertiary/aromatic N) is 1. The van der Waals surface area contributed by atoms with Gasteiger partial charge in [0.25, 0.3) is 0 Å². The molecule has 1 fully saturated rings. The standard InChI is InChI=1S/C18H25N3O4/c1-3-19-12(2)10-20-18(23)13-8-17(22)21(11-13)14-4-5-15-16(9-14)25-7-6-24-15/h4-5,9,12-13,19H,3,6-8,10-11H2,1-2H3,(H,20,23)/t12-,13?/m1/s1. The molecule has 1 aromatic carbocycles. The Morgan fingerprint density at radius 2 is 2.08 bits per heavy atom. The van der Waals surface area contributed by atoms with E-state index in [2.05, 4.69) is 10.6 Å². The molecule has 2 aliphatic heterocycles. The Morgan fingerprint density at radius 3 is 2.84 bits per heavy atom. The number of carbonyl (C=O) groups excluding carboxylic acids is 2. The van der Waals surface area contributed by atoms with Gasteiger partial charge in [-0.2, -0.15) is 0 Å². The van der Waals surface area contributed by atoms with Gasteiger partial charge in [0.15, 0.2) is 11.5 Å². The number of fused-ring (bicyclic) bond motifs is 1. The first-order chi connectivity index (χ1) is 12.1. The number of carbonyl (C=O) groups is 2. The van der Waals surface area contributed by atoms with Crippen molar-refractivity contribution in [3.63, 3.8) is 0 Å². The van der Waals surface area contributed by atoms with Crippen LogP contribution in [0.15, 0.2) is 18.2 Å². The van der Waals surface area contributed by atoms with Crippen LogP contribution in [0, 0.1) is 5.92 Å². The van der Waals surface area contributed by atoms with Crippen LogP contribution in [-0.2, 0) is 9.59 Å². The van der Waals surface area contributed by atoms with Gasteiger partial charge >= 0.3 is 0 Å². The van der Waals surface area contributed by atoms with Crippen LogP contribution < -0.4 is 25.0 Å². The first-order valence-corrected chi connectivity index (χ1v) is 8.79. The Bertz CT molecular complexity index is 649. The van der Waals surface area contributed by atoms with Gasteiger partial charge in [-0.1, -0.05) is 6.92 Å². The first-order valence-electron chi connectivity index (χ1n) is 8.79. The van der Waals surface area contributed by atoms with Crippen LogP contribution in [0.4, 0.5) is 5.69 Å². The SMILES string of the molecule is CCN[C@H](C)CNC(=O)C1CC(=O)N(c2ccc3c(c2)OCCO3)C1. The van der Waals surface area contributed by atoms with E-state index in [0.717, 1.165) is 12.2 Å². The lowest BCUT2D eigenvalue weighted by molar-refractivity contribution is -0.126. The fraction of sp³-hybridized carbons (Fsp3) is 0.556. The number of hydrogen-bond acceptors (Lipinski definition) is 5. The summed E-state index contributed by atoms with van der Waals surface area (Å²) in [6, 6.07) is 5.65. The van der Waals surface area contributed by atoms with E-state index in [1.165, 1.54) is 0 Å². The van der Waals surface area contributed by atoms with Crippen molar-refractivity contribution in [2.45, 2.75) is 26.3 Å². The number of benzene rings is 1. The van der Waals surface area contributed by atoms with Crippen molar-refractivity contribution in [1.82, 2.24) is 10.6 Å². The molecule has 2 amide bonds. The molecule has 3 rings (SSSR count). The molecule has 2 heterocycles. The quantitative estimate of drug-likeness (QED) is 0.800. The summed E-state index contributed by atoms with van der Waals surface area (Å²) < 4.78 is 11.1. The lowest BCUT2D eigenvalue weighted by atomic mass is 10.1. The zero-order valence-corrected chi connectivity index (χ0v) is 14.7. The minimum absolute atomic E-state index is 0.0449. The van der Waals surface area contributed by atoms with E-state index in [-0.39, 0.29) is 30.2 Å². The fourth-order valence-electron chi connectivity index (χ4n) is 3.15. The number of nitrogens with one attached hydrogen (secondary N) is 2. The lowest BCUT2D eigenvalue weighted by Crippen LogP contribution is -2.41. The Hall–Kier alpha value is -2.28. The second-order valence-corrected chi connectivity index (χ2v) is 6.44. The molecule has 0 aromatic heterocycles. The van der Waals surface area contributed by atoms with E-state index in [0.29, 0.717) is 37.8 Å². The Kier molecular flexibility index (Phi) is 5.43. The predicted molar refractivity (Wildman–Crippen MR) is 94.0 cm³/mol. The van der Waals surface area contributed by atoms with Crippen molar-refractivity contribution in [3.8, 4) is 11.5 Å². The van der Waals surface area contributed by atoms with E-state index in [9.17, 15) is 9.59 Å². The summed E-state index contributed by atoms with van der Waals surface area (Å²) in [7, 11) is 0. The largest absolute Gasteiger partial charge is 0.486 e. The molecule has 0 spiro atoms. The second-order valence-electron chi connectivity index (χ2n) is 6.44. The third-order valence-electron chi connectivity index (χ3n) is 4.47. The molecule has 1 saturated heterocycles. The Morgan fingerprint density at radius 1 is 1.32 bits per heavy atom. The summed E-state index contributed by atoms with van der Waals surface area (Å²) in [5.74, 6) is 0.890. The van der Waals surface area contributed by atoms with E-state index < -0.39 is 0 Å². The van der Waals surface area contributed by atoms with Gasteiger partial charge in [-0.05, 0) is 25.6 Å². The van der Waals surface area contributed by atoms with Gasteiger partial charge in [-0.15, -0.1) is 0 Å². The van der Waals surface area contributed by atoms with Crippen LogP contribution >= 0.6 is 0 Å². The van der Waals surface area contributed by atoms with Crippen LogP contribution in [0.2, 0.25) is 0 Å². The molecule has 2 aliphatic rings. The van der Waals surface area contributed by atoms with Crippen LogP contribution in [0.5, 0.6) is 11.5 Å². The highest BCUT2D eigenvalue weighted by atomic mass is 16.6. The third-order valence-corrected chi connectivity index (χ3v) is 4.47. The summed E-state index contributed by atoms with van der Waals surface area (Å²) in [6.45, 7) is 6.88. The minimum atomic E-state index is -0.325. The van der Waals surface area contributed by atoms with Gasteiger partial charge in [0.1, 0.15) is 13.2 Å². The number of anilines is 1. The van der Waals surface area contributed by atoms with E-state index in [1.54, 1.807) is 11.0 Å². The van der Waals surface area contributed by atoms with Crippen molar-refractivity contribution in [3.05, 3.63) is 18.2 Å². The molecule has 1 aromatic rings. The topological polar surface area (TPSA) is 79.9 Å². The molecule has 25 heavy (non-hydrogen) atoms. The molecule has 0 bridgehead atoms. The average Bonchev–Trinajstić information content (AvgIpc) is 3.01. The molecule has 0 saturated carbocycles. The van der Waals surface area contributed by atoms with Gasteiger partial charge in [0.05, 0.1) is 5.92 Å². The highest BCUT2D eigenvalue weighted by Crippen LogP contribution is 2.35. The molecule has 136 valence electrons. The zero-order valence-electron chi connectivity index (χ0n) is 14.7. The Balaban J connectivity index is 1.61. The van der Waals surface area contributed by atoms with Gasteiger partial charge in [-0.25, -0.2) is 0 Å². The minimum Gasteiger partial charge on any atom is -0.486 e. The predicted octanol–water partition coefficient (Wildman–Crippen LogP) is 0.925. The van der Waals surface area contributed by atoms with Crippen LogP contribution in [0.1, 0.15) is 20.3 Å². The molecule has 2 N–H and O–H groups in total. The maximum absolute atomic E-state index is 12.4. The highest BCUT2D eigenvalue weighted by Gasteiger charge is 2.35. The third kappa shape index (κ3) is 4.04. The van der Waals surface area contributed by atoms with Crippen molar-refractivity contribution in [2.24, 2.45) is 5.92 Å². The van der Waals surface area contributed by atoms with Gasteiger partial charge < -0.3 is 25.0 Å². The van der Waals surface area contributed by atoms with Crippen LogP contribution in [0.3, 0.4) is 0 Å². The van der Waals surface area contributed by atoms with Crippen molar-refractivity contribution in [1.29, 1.82) is 0 Å². The van der Waals surface area contributed by atoms with Crippen LogP contribution in [-0.4, -0.2) is 50.7 Å². The van der Waals surface area contributed by atoms with Gasteiger partial charge in [-0.3, -0.25) is 9.59 Å². The second kappa shape index (κ2) is 7.74. The number of rotatable bonds is 6.